The average molecular weight is 264 g/mol. The van der Waals surface area contributed by atoms with Crippen LogP contribution in [0.25, 0.3) is 0 Å². The van der Waals surface area contributed by atoms with Crippen LogP contribution in [0.4, 0.5) is 4.39 Å². The average Bonchev–Trinajstić information content (AvgIpc) is 2.39. The molecule has 1 aliphatic heterocycles. The molecule has 3 unspecified atom stereocenters. The number of carbonyl (C=O) groups is 1. The van der Waals surface area contributed by atoms with E-state index in [4.69, 9.17) is 0 Å². The SMILES string of the molecule is CC1CNCC(C(=O)NC(C)c2ccc(F)cc2)C1. The Hall–Kier alpha value is -1.42. The second kappa shape index (κ2) is 6.15. The van der Waals surface area contributed by atoms with E-state index in [-0.39, 0.29) is 23.7 Å². The number of hydrogen-bond acceptors (Lipinski definition) is 2. The van der Waals surface area contributed by atoms with Gasteiger partial charge in [0.2, 0.25) is 5.91 Å². The highest BCUT2D eigenvalue weighted by Crippen LogP contribution is 2.18. The van der Waals surface area contributed by atoms with E-state index in [1.54, 1.807) is 12.1 Å². The Bertz CT molecular complexity index is 432. The molecule has 1 saturated heterocycles. The minimum absolute atomic E-state index is 0.0339. The second-order valence-electron chi connectivity index (χ2n) is 5.48. The van der Waals surface area contributed by atoms with Crippen molar-refractivity contribution in [2.75, 3.05) is 13.1 Å². The molecule has 104 valence electrons. The molecule has 2 rings (SSSR count). The van der Waals surface area contributed by atoms with E-state index in [1.165, 1.54) is 12.1 Å². The zero-order chi connectivity index (χ0) is 13.8. The number of nitrogens with one attached hydrogen (secondary N) is 2. The van der Waals surface area contributed by atoms with Crippen LogP contribution in [0.15, 0.2) is 24.3 Å². The summed E-state index contributed by atoms with van der Waals surface area (Å²) in [7, 11) is 0. The van der Waals surface area contributed by atoms with Gasteiger partial charge in [-0.3, -0.25) is 4.79 Å². The summed E-state index contributed by atoms with van der Waals surface area (Å²) in [6.07, 6.45) is 0.926. The normalized spacial score (nSPS) is 24.8. The van der Waals surface area contributed by atoms with Gasteiger partial charge in [0.25, 0.3) is 0 Å². The maximum absolute atomic E-state index is 12.9. The lowest BCUT2D eigenvalue weighted by atomic mass is 9.91. The molecular weight excluding hydrogens is 243 g/mol. The third kappa shape index (κ3) is 3.77. The van der Waals surface area contributed by atoms with Crippen molar-refractivity contribution in [1.82, 2.24) is 10.6 Å². The van der Waals surface area contributed by atoms with Crippen LogP contribution in [0.2, 0.25) is 0 Å². The standard InChI is InChI=1S/C15H21FN2O/c1-10-7-13(9-17-8-10)15(19)18-11(2)12-3-5-14(16)6-4-12/h3-6,10-11,13,17H,7-9H2,1-2H3,(H,18,19). The first-order valence-corrected chi connectivity index (χ1v) is 6.83. The van der Waals surface area contributed by atoms with Gasteiger partial charge in [0.1, 0.15) is 5.82 Å². The lowest BCUT2D eigenvalue weighted by molar-refractivity contribution is -0.126. The first-order valence-electron chi connectivity index (χ1n) is 6.83. The Kier molecular flexibility index (Phi) is 4.53. The van der Waals surface area contributed by atoms with Crippen molar-refractivity contribution < 1.29 is 9.18 Å². The fourth-order valence-electron chi connectivity index (χ4n) is 2.52. The quantitative estimate of drug-likeness (QED) is 0.879. The Morgan fingerprint density at radius 3 is 2.68 bits per heavy atom. The van der Waals surface area contributed by atoms with Crippen molar-refractivity contribution >= 4 is 5.91 Å². The fraction of sp³-hybridized carbons (Fsp3) is 0.533. The van der Waals surface area contributed by atoms with Crippen LogP contribution in [0.5, 0.6) is 0 Å². The molecule has 0 aliphatic carbocycles. The van der Waals surface area contributed by atoms with E-state index in [0.717, 1.165) is 25.1 Å². The topological polar surface area (TPSA) is 41.1 Å². The summed E-state index contributed by atoms with van der Waals surface area (Å²) in [5.74, 6) is 0.390. The number of piperidine rings is 1. The van der Waals surface area contributed by atoms with Crippen LogP contribution in [0.1, 0.15) is 31.9 Å². The summed E-state index contributed by atoms with van der Waals surface area (Å²) in [5, 5.41) is 6.28. The molecule has 0 bridgehead atoms. The molecule has 0 aromatic heterocycles. The number of halogens is 1. The summed E-state index contributed by atoms with van der Waals surface area (Å²) >= 11 is 0. The molecule has 1 aromatic carbocycles. The summed E-state index contributed by atoms with van der Waals surface area (Å²) in [6.45, 7) is 5.80. The van der Waals surface area contributed by atoms with Crippen LogP contribution in [-0.2, 0) is 4.79 Å². The van der Waals surface area contributed by atoms with E-state index < -0.39 is 0 Å². The molecule has 1 amide bonds. The van der Waals surface area contributed by atoms with E-state index in [9.17, 15) is 9.18 Å². The minimum Gasteiger partial charge on any atom is -0.349 e. The van der Waals surface area contributed by atoms with Gasteiger partial charge in [-0.25, -0.2) is 4.39 Å². The maximum Gasteiger partial charge on any atom is 0.224 e. The highest BCUT2D eigenvalue weighted by atomic mass is 19.1. The predicted molar refractivity (Wildman–Crippen MR) is 73.1 cm³/mol. The number of benzene rings is 1. The first-order chi connectivity index (χ1) is 9.06. The zero-order valence-corrected chi connectivity index (χ0v) is 11.4. The van der Waals surface area contributed by atoms with Crippen molar-refractivity contribution in [2.24, 2.45) is 11.8 Å². The molecule has 1 aliphatic rings. The lowest BCUT2D eigenvalue weighted by Crippen LogP contribution is -2.43. The minimum atomic E-state index is -0.257. The van der Waals surface area contributed by atoms with Gasteiger partial charge in [-0.15, -0.1) is 0 Å². The lowest BCUT2D eigenvalue weighted by Gasteiger charge is -2.28. The Labute approximate surface area is 113 Å². The number of hydrogen-bond donors (Lipinski definition) is 2. The van der Waals surface area contributed by atoms with Gasteiger partial charge < -0.3 is 10.6 Å². The third-order valence-electron chi connectivity index (χ3n) is 3.67. The first kappa shape index (κ1) is 14.0. The van der Waals surface area contributed by atoms with Crippen LogP contribution in [0.3, 0.4) is 0 Å². The van der Waals surface area contributed by atoms with Gasteiger partial charge >= 0.3 is 0 Å². The van der Waals surface area contributed by atoms with Crippen LogP contribution < -0.4 is 10.6 Å². The van der Waals surface area contributed by atoms with Gasteiger partial charge in [-0.1, -0.05) is 19.1 Å². The molecular formula is C15H21FN2O. The molecule has 1 fully saturated rings. The van der Waals surface area contributed by atoms with Crippen molar-refractivity contribution in [2.45, 2.75) is 26.3 Å². The van der Waals surface area contributed by atoms with Gasteiger partial charge in [-0.05, 0) is 43.5 Å². The van der Waals surface area contributed by atoms with E-state index in [0.29, 0.717) is 5.92 Å². The molecule has 1 aromatic rings. The highest BCUT2D eigenvalue weighted by molar-refractivity contribution is 5.79. The van der Waals surface area contributed by atoms with Gasteiger partial charge in [-0.2, -0.15) is 0 Å². The van der Waals surface area contributed by atoms with Crippen molar-refractivity contribution in [3.05, 3.63) is 35.6 Å². The largest absolute Gasteiger partial charge is 0.349 e. The smallest absolute Gasteiger partial charge is 0.224 e. The zero-order valence-electron chi connectivity index (χ0n) is 11.4. The molecule has 1 heterocycles. The number of amides is 1. The second-order valence-corrected chi connectivity index (χ2v) is 5.48. The molecule has 19 heavy (non-hydrogen) atoms. The third-order valence-corrected chi connectivity index (χ3v) is 3.67. The van der Waals surface area contributed by atoms with Crippen molar-refractivity contribution in [3.63, 3.8) is 0 Å². The highest BCUT2D eigenvalue weighted by Gasteiger charge is 2.25. The van der Waals surface area contributed by atoms with Crippen LogP contribution >= 0.6 is 0 Å². The molecule has 2 N–H and O–H groups in total. The Morgan fingerprint density at radius 2 is 2.05 bits per heavy atom. The maximum atomic E-state index is 12.9. The number of carbonyl (C=O) groups excluding carboxylic acids is 1. The number of rotatable bonds is 3. The van der Waals surface area contributed by atoms with Crippen molar-refractivity contribution in [1.29, 1.82) is 0 Å². The Balaban J connectivity index is 1.92. The summed E-state index contributed by atoms with van der Waals surface area (Å²) in [5.41, 5.74) is 0.923. The molecule has 0 spiro atoms. The van der Waals surface area contributed by atoms with Crippen LogP contribution in [-0.4, -0.2) is 19.0 Å². The summed E-state index contributed by atoms with van der Waals surface area (Å²) in [6, 6.07) is 6.17. The fourth-order valence-corrected chi connectivity index (χ4v) is 2.52. The monoisotopic (exact) mass is 264 g/mol. The van der Waals surface area contributed by atoms with Gasteiger partial charge in [0.05, 0.1) is 12.0 Å². The van der Waals surface area contributed by atoms with E-state index >= 15 is 0 Å². The molecule has 3 atom stereocenters. The molecule has 0 saturated carbocycles. The molecule has 4 heteroatoms. The van der Waals surface area contributed by atoms with Crippen LogP contribution in [0, 0.1) is 17.7 Å². The van der Waals surface area contributed by atoms with E-state index in [1.807, 2.05) is 6.92 Å². The predicted octanol–water partition coefficient (Wildman–Crippen LogP) is 2.25. The Morgan fingerprint density at radius 1 is 1.37 bits per heavy atom. The summed E-state index contributed by atoms with van der Waals surface area (Å²) < 4.78 is 12.9. The molecule has 3 nitrogen and oxygen atoms in total. The van der Waals surface area contributed by atoms with Gasteiger partial charge in [0, 0.05) is 6.54 Å². The van der Waals surface area contributed by atoms with Gasteiger partial charge in [0.15, 0.2) is 0 Å². The summed E-state index contributed by atoms with van der Waals surface area (Å²) in [4.78, 5) is 12.2. The van der Waals surface area contributed by atoms with E-state index in [2.05, 4.69) is 17.6 Å². The molecule has 0 radical (unpaired) electrons. The van der Waals surface area contributed by atoms with Crippen molar-refractivity contribution in [3.8, 4) is 0 Å².